The van der Waals surface area contributed by atoms with Gasteiger partial charge in [0.15, 0.2) is 11.9 Å². The minimum Gasteiger partial charge on any atom is -0.394 e. The lowest BCUT2D eigenvalue weighted by atomic mass is 10.0. The third kappa shape index (κ3) is 24.6. The highest BCUT2D eigenvalue weighted by atomic mass is 31.2. The fourth-order valence-corrected chi connectivity index (χ4v) is 4.88. The van der Waals surface area contributed by atoms with Gasteiger partial charge in [0.25, 0.3) is 0 Å². The Morgan fingerprint density at radius 1 is 0.825 bits per heavy atom. The second-order valence-electron chi connectivity index (χ2n) is 11.5. The normalized spacial score (nSPS) is 14.4. The topological polar surface area (TPSA) is 113 Å². The number of Topliss-reactive ketones (excluding diaryl/α,β-unsaturated/α-hetero) is 1. The van der Waals surface area contributed by atoms with E-state index in [1.807, 2.05) is 21.1 Å². The molecule has 0 aliphatic rings. The molecule has 0 fully saturated rings. The van der Waals surface area contributed by atoms with E-state index in [9.17, 15) is 24.5 Å². The fraction of sp³-hybridized carbons (Fsp3) is 0.839. The number of ketones is 1. The van der Waals surface area contributed by atoms with Crippen LogP contribution in [0.4, 0.5) is 0 Å². The highest BCUT2D eigenvalue weighted by Crippen LogP contribution is 2.45. The highest BCUT2D eigenvalue weighted by molar-refractivity contribution is 7.47. The number of rotatable bonds is 25. The predicted molar refractivity (Wildman–Crippen MR) is 161 cm³/mol. The van der Waals surface area contributed by atoms with Crippen LogP contribution in [0.25, 0.3) is 0 Å². The molecule has 2 unspecified atom stereocenters. The number of aliphatic hydroxyl groups excluding tert-OH is 2. The van der Waals surface area contributed by atoms with Crippen LogP contribution in [0, 0.1) is 23.7 Å². The maximum atomic E-state index is 12.5. The highest BCUT2D eigenvalue weighted by Gasteiger charge is 2.35. The third-order valence-electron chi connectivity index (χ3n) is 6.49. The second-order valence-corrected chi connectivity index (χ2v) is 12.9. The molecule has 0 amide bonds. The number of aliphatic hydroxyl groups is 2. The summed E-state index contributed by atoms with van der Waals surface area (Å²) in [6, 6.07) is 0. The van der Waals surface area contributed by atoms with E-state index in [0.717, 1.165) is 51.4 Å². The van der Waals surface area contributed by atoms with Gasteiger partial charge in [-0.15, -0.1) is 0 Å². The number of phosphoric acid groups is 1. The molecule has 3 N–H and O–H groups in total. The van der Waals surface area contributed by atoms with Gasteiger partial charge in [-0.25, -0.2) is 4.57 Å². The summed E-state index contributed by atoms with van der Waals surface area (Å²) in [4.78, 5) is 22.5. The Balaban J connectivity index is 3.99. The van der Waals surface area contributed by atoms with E-state index in [4.69, 9.17) is 9.05 Å². The molecule has 0 aromatic rings. The second kappa shape index (κ2) is 24.4. The molecule has 0 aliphatic carbocycles. The van der Waals surface area contributed by atoms with E-state index in [1.165, 1.54) is 44.9 Å². The smallest absolute Gasteiger partial charge is 0.394 e. The zero-order valence-corrected chi connectivity index (χ0v) is 26.6. The molecule has 0 aromatic heterocycles. The summed E-state index contributed by atoms with van der Waals surface area (Å²) in [6.45, 7) is 1.89. The molecule has 8 nitrogen and oxygen atoms in total. The molecule has 40 heavy (non-hydrogen) atoms. The van der Waals surface area contributed by atoms with Gasteiger partial charge in [0.1, 0.15) is 19.3 Å². The maximum Gasteiger partial charge on any atom is 0.473 e. The molecule has 0 rings (SSSR count). The van der Waals surface area contributed by atoms with E-state index >= 15 is 0 Å². The summed E-state index contributed by atoms with van der Waals surface area (Å²) in [5, 5.41) is 19.2. The summed E-state index contributed by atoms with van der Waals surface area (Å²) in [6.07, 6.45) is 14.6. The Morgan fingerprint density at radius 3 is 1.77 bits per heavy atom. The average molecular weight is 587 g/mol. The molecule has 0 saturated carbocycles. The van der Waals surface area contributed by atoms with Gasteiger partial charge in [-0.3, -0.25) is 13.8 Å². The number of quaternary nitrogens is 1. The minimum absolute atomic E-state index is 0.0499. The first-order chi connectivity index (χ1) is 19.0. The van der Waals surface area contributed by atoms with Crippen LogP contribution in [0.3, 0.4) is 0 Å². The van der Waals surface area contributed by atoms with Crippen molar-refractivity contribution >= 4 is 13.6 Å². The molecular formula is C31H57NO7P+. The lowest BCUT2D eigenvalue weighted by Gasteiger charge is -2.26. The van der Waals surface area contributed by atoms with Gasteiger partial charge in [0, 0.05) is 19.3 Å². The van der Waals surface area contributed by atoms with E-state index in [-0.39, 0.29) is 13.0 Å². The van der Waals surface area contributed by atoms with Gasteiger partial charge in [-0.05, 0) is 31.1 Å². The monoisotopic (exact) mass is 586 g/mol. The Hall–Kier alpha value is -1.22. The number of carbonyl (C=O) groups excluding carboxylic acids is 1. The van der Waals surface area contributed by atoms with Gasteiger partial charge < -0.3 is 19.6 Å². The first kappa shape index (κ1) is 38.8. The van der Waals surface area contributed by atoms with Gasteiger partial charge in [0.05, 0.1) is 27.7 Å². The van der Waals surface area contributed by atoms with Crippen LogP contribution in [0.1, 0.15) is 116 Å². The summed E-state index contributed by atoms with van der Waals surface area (Å²) in [5.41, 5.74) is 0. The fourth-order valence-electron chi connectivity index (χ4n) is 3.97. The van der Waals surface area contributed by atoms with Crippen molar-refractivity contribution < 1.29 is 38.0 Å². The molecule has 0 heterocycles. The zero-order valence-electron chi connectivity index (χ0n) is 25.7. The van der Waals surface area contributed by atoms with Crippen LogP contribution in [0.15, 0.2) is 0 Å². The lowest BCUT2D eigenvalue weighted by Crippen LogP contribution is -2.39. The molecule has 0 saturated heterocycles. The molecule has 3 atom stereocenters. The Kier molecular flexibility index (Phi) is 23.6. The number of hydrogen-bond donors (Lipinski definition) is 3. The van der Waals surface area contributed by atoms with Crippen molar-refractivity contribution in [3.8, 4) is 23.7 Å². The largest absolute Gasteiger partial charge is 0.473 e. The zero-order chi connectivity index (χ0) is 30.1. The van der Waals surface area contributed by atoms with Crippen molar-refractivity contribution in [2.45, 2.75) is 128 Å². The van der Waals surface area contributed by atoms with Crippen LogP contribution in [0.2, 0.25) is 0 Å². The molecule has 0 spiro atoms. The van der Waals surface area contributed by atoms with Gasteiger partial charge in [-0.1, -0.05) is 89.4 Å². The Bertz CT molecular complexity index is 820. The summed E-state index contributed by atoms with van der Waals surface area (Å²) >= 11 is 0. The Morgan fingerprint density at radius 2 is 1.30 bits per heavy atom. The quantitative estimate of drug-likeness (QED) is 0.0538. The van der Waals surface area contributed by atoms with E-state index in [0.29, 0.717) is 17.4 Å². The van der Waals surface area contributed by atoms with Crippen molar-refractivity contribution in [3.05, 3.63) is 0 Å². The molecule has 0 bridgehead atoms. The van der Waals surface area contributed by atoms with Crippen LogP contribution < -0.4 is 0 Å². The maximum absolute atomic E-state index is 12.5. The van der Waals surface area contributed by atoms with E-state index in [1.54, 1.807) is 0 Å². The summed E-state index contributed by atoms with van der Waals surface area (Å²) < 4.78 is 22.7. The number of phosphoric ester groups is 1. The third-order valence-corrected chi connectivity index (χ3v) is 7.49. The van der Waals surface area contributed by atoms with Crippen LogP contribution in [-0.4, -0.2) is 78.5 Å². The molecule has 9 heteroatoms. The molecular weight excluding hydrogens is 529 g/mol. The number of likely N-dealkylation sites (N-methyl/N-ethyl adjacent to an activating group) is 1. The molecule has 0 aromatic carbocycles. The van der Waals surface area contributed by atoms with Crippen molar-refractivity contribution in [2.24, 2.45) is 0 Å². The van der Waals surface area contributed by atoms with Gasteiger partial charge in [0.2, 0.25) is 0 Å². The molecule has 0 radical (unpaired) electrons. The van der Waals surface area contributed by atoms with E-state index < -0.39 is 32.4 Å². The van der Waals surface area contributed by atoms with Gasteiger partial charge >= 0.3 is 7.82 Å². The number of carbonyl (C=O) groups is 1. The van der Waals surface area contributed by atoms with E-state index in [2.05, 4.69) is 30.6 Å². The van der Waals surface area contributed by atoms with Crippen LogP contribution in [-0.2, 0) is 18.4 Å². The first-order valence-electron chi connectivity index (χ1n) is 15.3. The van der Waals surface area contributed by atoms with Crippen molar-refractivity contribution in [2.75, 3.05) is 40.9 Å². The van der Waals surface area contributed by atoms with Crippen LogP contribution >= 0.6 is 7.82 Å². The standard InChI is InChI=1S/C31H56NO7P/c1-5-6-7-8-9-10-11-12-13-14-15-16-17-18-19-20-21-22-23-24-25-29(34)31(30(35)28-33)39-40(36,37)38-27-26-32(2,3)4/h30-31,33,35H,5-13,18-28H2,1-4H3/p+1/t30-,31?/m0/s1. The summed E-state index contributed by atoms with van der Waals surface area (Å²) in [5.74, 6) is 11.6. The molecule has 232 valence electrons. The summed E-state index contributed by atoms with van der Waals surface area (Å²) in [7, 11) is 1.15. The van der Waals surface area contributed by atoms with Gasteiger partial charge in [-0.2, -0.15) is 0 Å². The SMILES string of the molecule is CCCCCCCCCCC#CC#CCCCCCCCCC(=O)C(OP(=O)(O)OCC[N+](C)(C)C)[C@@H](O)CO. The first-order valence-corrected chi connectivity index (χ1v) is 16.8. The average Bonchev–Trinajstić information content (AvgIpc) is 2.89. The lowest BCUT2D eigenvalue weighted by molar-refractivity contribution is -0.870. The number of unbranched alkanes of at least 4 members (excludes halogenated alkanes) is 14. The number of hydrogen-bond acceptors (Lipinski definition) is 6. The van der Waals surface area contributed by atoms with Crippen molar-refractivity contribution in [1.82, 2.24) is 0 Å². The Labute approximate surface area is 244 Å². The van der Waals surface area contributed by atoms with Crippen molar-refractivity contribution in [3.63, 3.8) is 0 Å². The predicted octanol–water partition coefficient (Wildman–Crippen LogP) is 5.78. The minimum atomic E-state index is -4.56. The van der Waals surface area contributed by atoms with Crippen molar-refractivity contribution in [1.29, 1.82) is 0 Å². The van der Waals surface area contributed by atoms with Crippen LogP contribution in [0.5, 0.6) is 0 Å². The number of nitrogens with zero attached hydrogens (tertiary/aromatic N) is 1. The molecule has 0 aliphatic heterocycles.